The molecule has 0 aromatic rings. The van der Waals surface area contributed by atoms with E-state index in [9.17, 15) is 4.79 Å². The van der Waals surface area contributed by atoms with Gasteiger partial charge in [-0.05, 0) is 25.3 Å². The van der Waals surface area contributed by atoms with E-state index in [4.69, 9.17) is 10.8 Å². The molecule has 0 aromatic heterocycles. The van der Waals surface area contributed by atoms with Gasteiger partial charge in [-0.15, -0.1) is 5.73 Å². The Kier molecular flexibility index (Phi) is 4.27. The molecule has 3 N–H and O–H groups in total. The molecular weight excluding hydrogens is 142 g/mol. The molecule has 0 radical (unpaired) electrons. The fourth-order valence-electron chi connectivity index (χ4n) is 0.584. The summed E-state index contributed by atoms with van der Waals surface area (Å²) in [5, 5.41) is 8.40. The highest BCUT2D eigenvalue weighted by molar-refractivity contribution is 5.72. The Balaban J connectivity index is 3.71. The Morgan fingerprint density at radius 1 is 1.82 bits per heavy atom. The lowest BCUT2D eigenvalue weighted by Crippen LogP contribution is -2.29. The summed E-state index contributed by atoms with van der Waals surface area (Å²) in [5.41, 5.74) is 8.88. The van der Waals surface area contributed by atoms with E-state index in [1.54, 1.807) is 0 Å². The van der Waals surface area contributed by atoms with Gasteiger partial charge in [-0.1, -0.05) is 6.58 Å². The van der Waals surface area contributed by atoms with Gasteiger partial charge in [0.05, 0.1) is 0 Å². The number of carboxylic acid groups (broad SMARTS) is 1. The van der Waals surface area contributed by atoms with Crippen LogP contribution in [-0.4, -0.2) is 17.1 Å². The van der Waals surface area contributed by atoms with Crippen LogP contribution in [0.5, 0.6) is 0 Å². The Labute approximate surface area is 66.2 Å². The lowest BCUT2D eigenvalue weighted by Gasteiger charge is -2.03. The van der Waals surface area contributed by atoms with Crippen molar-refractivity contribution in [2.75, 3.05) is 0 Å². The lowest BCUT2D eigenvalue weighted by molar-refractivity contribution is -0.138. The van der Waals surface area contributed by atoms with Crippen molar-refractivity contribution in [1.82, 2.24) is 0 Å². The molecule has 0 aliphatic rings. The maximum absolute atomic E-state index is 10.2. The van der Waals surface area contributed by atoms with E-state index < -0.39 is 12.0 Å². The zero-order chi connectivity index (χ0) is 8.85. The zero-order valence-electron chi connectivity index (χ0n) is 6.63. The molecule has 62 valence electrons. The van der Waals surface area contributed by atoms with Crippen molar-refractivity contribution in [3.8, 4) is 0 Å². The van der Waals surface area contributed by atoms with Gasteiger partial charge in [-0.25, -0.2) is 0 Å². The number of hydrogen-bond donors (Lipinski definition) is 2. The van der Waals surface area contributed by atoms with Gasteiger partial charge in [0.25, 0.3) is 0 Å². The molecule has 1 unspecified atom stereocenters. The molecule has 0 aromatic carbocycles. The van der Waals surface area contributed by atoms with Crippen LogP contribution >= 0.6 is 0 Å². The van der Waals surface area contributed by atoms with Gasteiger partial charge in [0.1, 0.15) is 6.04 Å². The first-order chi connectivity index (χ1) is 5.07. The second-order valence-electron chi connectivity index (χ2n) is 2.44. The summed E-state index contributed by atoms with van der Waals surface area (Å²) in [4.78, 5) is 10.2. The molecule has 1 atom stereocenters. The monoisotopic (exact) mass is 155 g/mol. The molecule has 0 aliphatic heterocycles. The molecule has 0 aliphatic carbocycles. The topological polar surface area (TPSA) is 63.3 Å². The minimum absolute atomic E-state index is 0.448. The third-order valence-corrected chi connectivity index (χ3v) is 1.45. The first-order valence-electron chi connectivity index (χ1n) is 3.42. The summed E-state index contributed by atoms with van der Waals surface area (Å²) in [6.45, 7) is 5.28. The molecule has 3 heteroatoms. The Hall–Kier alpha value is -1.05. The Morgan fingerprint density at radius 3 is 2.73 bits per heavy atom. The summed E-state index contributed by atoms with van der Waals surface area (Å²) >= 11 is 0. The number of nitrogens with two attached hydrogens (primary N) is 1. The van der Waals surface area contributed by atoms with Crippen molar-refractivity contribution in [2.24, 2.45) is 5.73 Å². The van der Waals surface area contributed by atoms with Crippen LogP contribution < -0.4 is 5.73 Å². The van der Waals surface area contributed by atoms with Crippen molar-refractivity contribution in [1.29, 1.82) is 0 Å². The number of allylic oxidation sites excluding steroid dienone is 1. The predicted octanol–water partition coefficient (Wildman–Crippen LogP) is 0.910. The Morgan fingerprint density at radius 2 is 2.36 bits per heavy atom. The average molecular weight is 155 g/mol. The fourth-order valence-corrected chi connectivity index (χ4v) is 0.584. The van der Waals surface area contributed by atoms with Gasteiger partial charge in [0.2, 0.25) is 0 Å². The summed E-state index contributed by atoms with van der Waals surface area (Å²) in [7, 11) is 0. The van der Waals surface area contributed by atoms with Gasteiger partial charge in [-0.3, -0.25) is 4.79 Å². The third kappa shape index (κ3) is 4.37. The molecular formula is C8H13NO2. The van der Waals surface area contributed by atoms with Crippen LogP contribution in [0.15, 0.2) is 17.9 Å². The normalized spacial score (nSPS) is 11.8. The molecule has 0 amide bonds. The van der Waals surface area contributed by atoms with Crippen LogP contribution in [0.1, 0.15) is 19.8 Å². The highest BCUT2D eigenvalue weighted by Crippen LogP contribution is 2.03. The molecule has 0 bridgehead atoms. The van der Waals surface area contributed by atoms with E-state index in [1.165, 1.54) is 0 Å². The number of rotatable bonds is 4. The lowest BCUT2D eigenvalue weighted by atomic mass is 10.1. The first kappa shape index (κ1) is 9.95. The predicted molar refractivity (Wildman–Crippen MR) is 43.2 cm³/mol. The molecule has 0 spiro atoms. The largest absolute Gasteiger partial charge is 0.480 e. The summed E-state index contributed by atoms with van der Waals surface area (Å²) in [6.07, 6.45) is 1.10. The summed E-state index contributed by atoms with van der Waals surface area (Å²) in [5.74, 6) is -0.957. The number of carboxylic acids is 1. The number of carbonyl (C=O) groups is 1. The smallest absolute Gasteiger partial charge is 0.320 e. The van der Waals surface area contributed by atoms with Crippen LogP contribution in [0.4, 0.5) is 0 Å². The Bertz CT molecular complexity index is 192. The highest BCUT2D eigenvalue weighted by Gasteiger charge is 2.09. The standard InChI is InChI=1S/C8H13NO2/c1-3-6(2)4-5-7(9)8(10)11/h7H,1,4-5,9H2,2H3,(H,10,11). The van der Waals surface area contributed by atoms with Crippen molar-refractivity contribution in [2.45, 2.75) is 25.8 Å². The summed E-state index contributed by atoms with van der Waals surface area (Å²) in [6, 6.07) is -0.765. The van der Waals surface area contributed by atoms with Crippen LogP contribution in [0.25, 0.3) is 0 Å². The van der Waals surface area contributed by atoms with E-state index in [2.05, 4.69) is 12.3 Å². The molecule has 0 saturated heterocycles. The minimum atomic E-state index is -0.957. The van der Waals surface area contributed by atoms with Gasteiger partial charge in [-0.2, -0.15) is 0 Å². The second kappa shape index (κ2) is 4.72. The fraction of sp³-hybridized carbons (Fsp3) is 0.500. The minimum Gasteiger partial charge on any atom is -0.480 e. The van der Waals surface area contributed by atoms with E-state index in [0.717, 1.165) is 5.57 Å². The maximum atomic E-state index is 10.2. The molecule has 0 heterocycles. The molecule has 0 rings (SSSR count). The number of aliphatic carboxylic acids is 1. The van der Waals surface area contributed by atoms with Gasteiger partial charge in [0.15, 0.2) is 0 Å². The SMILES string of the molecule is C=C=C(C)CCC(N)C(=O)O. The molecule has 0 saturated carbocycles. The van der Waals surface area contributed by atoms with Crippen LogP contribution in [0, 0.1) is 0 Å². The quantitative estimate of drug-likeness (QED) is 0.593. The van der Waals surface area contributed by atoms with Crippen LogP contribution in [0.2, 0.25) is 0 Å². The van der Waals surface area contributed by atoms with E-state index in [1.807, 2.05) is 6.92 Å². The first-order valence-corrected chi connectivity index (χ1v) is 3.42. The van der Waals surface area contributed by atoms with E-state index in [0.29, 0.717) is 12.8 Å². The molecule has 3 nitrogen and oxygen atoms in total. The number of hydrogen-bond acceptors (Lipinski definition) is 2. The van der Waals surface area contributed by atoms with E-state index in [-0.39, 0.29) is 0 Å². The van der Waals surface area contributed by atoms with E-state index >= 15 is 0 Å². The van der Waals surface area contributed by atoms with Crippen molar-refractivity contribution in [3.05, 3.63) is 17.9 Å². The molecule has 0 fully saturated rings. The second-order valence-corrected chi connectivity index (χ2v) is 2.44. The van der Waals surface area contributed by atoms with Crippen LogP contribution in [-0.2, 0) is 4.79 Å². The highest BCUT2D eigenvalue weighted by atomic mass is 16.4. The summed E-state index contributed by atoms with van der Waals surface area (Å²) < 4.78 is 0. The maximum Gasteiger partial charge on any atom is 0.320 e. The van der Waals surface area contributed by atoms with Crippen molar-refractivity contribution >= 4 is 5.97 Å². The van der Waals surface area contributed by atoms with Crippen molar-refractivity contribution < 1.29 is 9.90 Å². The van der Waals surface area contributed by atoms with Gasteiger partial charge >= 0.3 is 5.97 Å². The molecule has 11 heavy (non-hydrogen) atoms. The average Bonchev–Trinajstić information content (AvgIpc) is 1.99. The zero-order valence-corrected chi connectivity index (χ0v) is 6.63. The van der Waals surface area contributed by atoms with Gasteiger partial charge in [0, 0.05) is 0 Å². The van der Waals surface area contributed by atoms with Crippen LogP contribution in [0.3, 0.4) is 0 Å². The third-order valence-electron chi connectivity index (χ3n) is 1.45. The van der Waals surface area contributed by atoms with Crippen molar-refractivity contribution in [3.63, 3.8) is 0 Å². The van der Waals surface area contributed by atoms with Gasteiger partial charge < -0.3 is 10.8 Å².